The number of aryl methyl sites for hydroxylation is 2. The fraction of sp³-hybridized carbons (Fsp3) is 0.143. The Morgan fingerprint density at radius 1 is 0.944 bits per heavy atom. The molecule has 0 aliphatic heterocycles. The van der Waals surface area contributed by atoms with Crippen molar-refractivity contribution >= 4 is 31.1 Å². The maximum atomic E-state index is 10.6. The molecular formula is C14H15Cl2NO. The molecule has 0 N–H and O–H groups in total. The van der Waals surface area contributed by atoms with Gasteiger partial charge < -0.3 is 0 Å². The topological polar surface area (TPSA) is 30.0 Å². The van der Waals surface area contributed by atoms with Gasteiger partial charge in [-0.15, -0.1) is 24.8 Å². The minimum Gasteiger partial charge on any atom is -0.298 e. The van der Waals surface area contributed by atoms with Crippen LogP contribution in [0.1, 0.15) is 21.5 Å². The molecule has 0 atom stereocenters. The second kappa shape index (κ2) is 8.67. The third-order valence-corrected chi connectivity index (χ3v) is 2.50. The smallest absolute Gasteiger partial charge is 0.151 e. The fourth-order valence-electron chi connectivity index (χ4n) is 1.64. The highest BCUT2D eigenvalue weighted by Gasteiger charge is 1.97. The first-order chi connectivity index (χ1) is 7.88. The van der Waals surface area contributed by atoms with Crippen molar-refractivity contribution < 1.29 is 4.79 Å². The first-order valence-corrected chi connectivity index (χ1v) is 5.31. The van der Waals surface area contributed by atoms with E-state index in [1.807, 2.05) is 30.5 Å². The van der Waals surface area contributed by atoms with Crippen molar-refractivity contribution in [2.75, 3.05) is 0 Å². The Bertz CT molecular complexity index is 474. The lowest BCUT2D eigenvalue weighted by Crippen LogP contribution is -1.93. The number of halogens is 2. The number of hydrogen-bond acceptors (Lipinski definition) is 2. The van der Waals surface area contributed by atoms with Gasteiger partial charge in [0.2, 0.25) is 0 Å². The molecule has 96 valence electrons. The Kier molecular flexibility index (Phi) is 8.01. The van der Waals surface area contributed by atoms with E-state index < -0.39 is 0 Å². The summed E-state index contributed by atoms with van der Waals surface area (Å²) in [4.78, 5) is 14.6. The first kappa shape index (κ1) is 16.6. The van der Waals surface area contributed by atoms with E-state index in [1.165, 1.54) is 5.56 Å². The molecule has 0 bridgehead atoms. The highest BCUT2D eigenvalue weighted by atomic mass is 35.5. The van der Waals surface area contributed by atoms with Crippen LogP contribution in [0.15, 0.2) is 48.8 Å². The Morgan fingerprint density at radius 3 is 2.28 bits per heavy atom. The Morgan fingerprint density at radius 2 is 1.61 bits per heavy atom. The average Bonchev–Trinajstić information content (AvgIpc) is 2.38. The normalized spacial score (nSPS) is 8.89. The standard InChI is InChI=1S/C14H13NO.2ClH/c16-11-14-8-13(9-15-10-14)7-6-12-4-2-1-3-5-12;;/h1-5,8-11H,6-7H2;2*1H. The molecule has 0 amide bonds. The average molecular weight is 284 g/mol. The van der Waals surface area contributed by atoms with Crippen LogP contribution in [-0.2, 0) is 12.8 Å². The number of hydrogen-bond donors (Lipinski definition) is 0. The Balaban J connectivity index is 0.00000144. The van der Waals surface area contributed by atoms with E-state index in [2.05, 4.69) is 17.1 Å². The molecule has 0 spiro atoms. The molecule has 1 aromatic heterocycles. The predicted molar refractivity (Wildman–Crippen MR) is 78.0 cm³/mol. The van der Waals surface area contributed by atoms with Crippen LogP contribution in [-0.4, -0.2) is 11.3 Å². The molecule has 2 aromatic rings. The summed E-state index contributed by atoms with van der Waals surface area (Å²) in [5.74, 6) is 0. The summed E-state index contributed by atoms with van der Waals surface area (Å²) >= 11 is 0. The summed E-state index contributed by atoms with van der Waals surface area (Å²) in [7, 11) is 0. The molecule has 0 aliphatic carbocycles. The molecule has 1 aromatic carbocycles. The van der Waals surface area contributed by atoms with Gasteiger partial charge in [-0.25, -0.2) is 0 Å². The van der Waals surface area contributed by atoms with Gasteiger partial charge in [-0.05, 0) is 30.0 Å². The van der Waals surface area contributed by atoms with Gasteiger partial charge in [0.15, 0.2) is 6.29 Å². The number of carbonyl (C=O) groups is 1. The van der Waals surface area contributed by atoms with Crippen LogP contribution in [0.25, 0.3) is 0 Å². The number of carbonyl (C=O) groups excluding carboxylic acids is 1. The molecule has 0 unspecified atom stereocenters. The zero-order chi connectivity index (χ0) is 11.2. The summed E-state index contributed by atoms with van der Waals surface area (Å²) < 4.78 is 0. The molecule has 2 nitrogen and oxygen atoms in total. The summed E-state index contributed by atoms with van der Waals surface area (Å²) in [5, 5.41) is 0. The lowest BCUT2D eigenvalue weighted by molar-refractivity contribution is 0.112. The van der Waals surface area contributed by atoms with Crippen LogP contribution in [0.2, 0.25) is 0 Å². The van der Waals surface area contributed by atoms with E-state index in [1.54, 1.807) is 6.20 Å². The third kappa shape index (κ3) is 4.86. The van der Waals surface area contributed by atoms with Crippen LogP contribution in [0.5, 0.6) is 0 Å². The Hall–Kier alpha value is -1.38. The van der Waals surface area contributed by atoms with Crippen molar-refractivity contribution in [2.45, 2.75) is 12.8 Å². The SMILES string of the molecule is Cl.Cl.O=Cc1cncc(CCc2ccccc2)c1. The van der Waals surface area contributed by atoms with Gasteiger partial charge in [0, 0.05) is 18.0 Å². The number of aromatic nitrogens is 1. The van der Waals surface area contributed by atoms with Crippen LogP contribution in [0.4, 0.5) is 0 Å². The van der Waals surface area contributed by atoms with Gasteiger partial charge in [-0.3, -0.25) is 9.78 Å². The van der Waals surface area contributed by atoms with Gasteiger partial charge in [-0.2, -0.15) is 0 Å². The summed E-state index contributed by atoms with van der Waals surface area (Å²) in [6.07, 6.45) is 6.12. The van der Waals surface area contributed by atoms with Crippen LogP contribution >= 0.6 is 24.8 Å². The minimum atomic E-state index is 0. The number of pyridine rings is 1. The van der Waals surface area contributed by atoms with Gasteiger partial charge in [-0.1, -0.05) is 30.3 Å². The van der Waals surface area contributed by atoms with Gasteiger partial charge >= 0.3 is 0 Å². The van der Waals surface area contributed by atoms with E-state index in [0.29, 0.717) is 5.56 Å². The lowest BCUT2D eigenvalue weighted by Gasteiger charge is -2.01. The second-order valence-corrected chi connectivity index (χ2v) is 3.73. The van der Waals surface area contributed by atoms with E-state index in [0.717, 1.165) is 24.7 Å². The van der Waals surface area contributed by atoms with Gasteiger partial charge in [0.05, 0.1) is 0 Å². The number of benzene rings is 1. The number of nitrogens with zero attached hydrogens (tertiary/aromatic N) is 1. The summed E-state index contributed by atoms with van der Waals surface area (Å²) in [6, 6.07) is 12.2. The Labute approximate surface area is 119 Å². The molecule has 0 aliphatic rings. The second-order valence-electron chi connectivity index (χ2n) is 3.73. The summed E-state index contributed by atoms with van der Waals surface area (Å²) in [5.41, 5.74) is 3.05. The fourth-order valence-corrected chi connectivity index (χ4v) is 1.64. The van der Waals surface area contributed by atoms with Crippen molar-refractivity contribution in [2.24, 2.45) is 0 Å². The molecule has 18 heavy (non-hydrogen) atoms. The zero-order valence-electron chi connectivity index (χ0n) is 9.78. The van der Waals surface area contributed by atoms with Crippen molar-refractivity contribution in [3.8, 4) is 0 Å². The largest absolute Gasteiger partial charge is 0.298 e. The van der Waals surface area contributed by atoms with Gasteiger partial charge in [0.25, 0.3) is 0 Å². The maximum Gasteiger partial charge on any atom is 0.151 e. The highest BCUT2D eigenvalue weighted by Crippen LogP contribution is 2.07. The van der Waals surface area contributed by atoms with E-state index in [9.17, 15) is 4.79 Å². The molecule has 4 heteroatoms. The van der Waals surface area contributed by atoms with Crippen LogP contribution in [0.3, 0.4) is 0 Å². The molecular weight excluding hydrogens is 269 g/mol. The molecule has 0 radical (unpaired) electrons. The van der Waals surface area contributed by atoms with Crippen molar-refractivity contribution in [1.82, 2.24) is 4.98 Å². The molecule has 0 saturated heterocycles. The molecule has 0 fully saturated rings. The van der Waals surface area contributed by atoms with E-state index in [4.69, 9.17) is 0 Å². The monoisotopic (exact) mass is 283 g/mol. The number of aldehydes is 1. The van der Waals surface area contributed by atoms with E-state index >= 15 is 0 Å². The molecule has 0 saturated carbocycles. The summed E-state index contributed by atoms with van der Waals surface area (Å²) in [6.45, 7) is 0. The maximum absolute atomic E-state index is 10.6. The van der Waals surface area contributed by atoms with Crippen molar-refractivity contribution in [3.05, 3.63) is 65.5 Å². The highest BCUT2D eigenvalue weighted by molar-refractivity contribution is 5.85. The quantitative estimate of drug-likeness (QED) is 0.804. The van der Waals surface area contributed by atoms with Crippen LogP contribution < -0.4 is 0 Å². The minimum absolute atomic E-state index is 0. The predicted octanol–water partition coefficient (Wildman–Crippen LogP) is 3.52. The lowest BCUT2D eigenvalue weighted by atomic mass is 10.1. The molecule has 1 heterocycles. The van der Waals surface area contributed by atoms with Gasteiger partial charge in [0.1, 0.15) is 0 Å². The van der Waals surface area contributed by atoms with Crippen molar-refractivity contribution in [1.29, 1.82) is 0 Å². The van der Waals surface area contributed by atoms with E-state index in [-0.39, 0.29) is 24.8 Å². The molecule has 2 rings (SSSR count). The van der Waals surface area contributed by atoms with Crippen molar-refractivity contribution in [3.63, 3.8) is 0 Å². The first-order valence-electron chi connectivity index (χ1n) is 5.31. The van der Waals surface area contributed by atoms with Crippen LogP contribution in [0, 0.1) is 0 Å². The number of rotatable bonds is 4. The third-order valence-electron chi connectivity index (χ3n) is 2.50. The zero-order valence-corrected chi connectivity index (χ0v) is 11.4.